The van der Waals surface area contributed by atoms with E-state index in [9.17, 15) is 4.79 Å². The van der Waals surface area contributed by atoms with Crippen LogP contribution in [-0.2, 0) is 11.2 Å². The van der Waals surface area contributed by atoms with E-state index in [0.29, 0.717) is 35.2 Å². The number of nitrogens with one attached hydrogen (secondary N) is 1. The minimum atomic E-state index is -0.0923. The minimum Gasteiger partial charge on any atom is -0.493 e. The molecule has 158 valence electrons. The summed E-state index contributed by atoms with van der Waals surface area (Å²) in [5.74, 6) is 1.59. The zero-order valence-electron chi connectivity index (χ0n) is 17.9. The van der Waals surface area contributed by atoms with E-state index in [-0.39, 0.29) is 5.91 Å². The van der Waals surface area contributed by atoms with Gasteiger partial charge in [-0.15, -0.1) is 11.3 Å². The Bertz CT molecular complexity index is 1020. The highest BCUT2D eigenvalue weighted by molar-refractivity contribution is 7.14. The van der Waals surface area contributed by atoms with Crippen molar-refractivity contribution >= 4 is 22.4 Å². The molecule has 0 saturated carbocycles. The Labute approximate surface area is 180 Å². The molecule has 0 aliphatic rings. The maximum atomic E-state index is 12.4. The van der Waals surface area contributed by atoms with Gasteiger partial charge in [-0.1, -0.05) is 23.8 Å². The summed E-state index contributed by atoms with van der Waals surface area (Å²) in [5, 5.41) is 5.46. The molecule has 7 heteroatoms. The summed E-state index contributed by atoms with van der Waals surface area (Å²) in [6.45, 7) is 4.13. The average molecular weight is 427 g/mol. The van der Waals surface area contributed by atoms with Gasteiger partial charge in [-0.2, -0.15) is 0 Å². The van der Waals surface area contributed by atoms with Crippen molar-refractivity contribution in [3.63, 3.8) is 0 Å². The van der Waals surface area contributed by atoms with Crippen molar-refractivity contribution in [2.24, 2.45) is 0 Å². The quantitative estimate of drug-likeness (QED) is 0.547. The van der Waals surface area contributed by atoms with Crippen LogP contribution in [-0.4, -0.2) is 32.2 Å². The molecule has 0 saturated heterocycles. The van der Waals surface area contributed by atoms with Gasteiger partial charge in [-0.25, -0.2) is 4.98 Å². The Hall–Kier alpha value is -3.06. The molecule has 0 spiro atoms. The standard InChI is InChI=1S/C23H26N2O4S/c1-14-6-8-17(15(2)10-14)18-13-30-23(24-18)25-21(26)9-7-16-11-19(27-3)22(29-5)20(12-16)28-4/h6,8,10-13H,7,9H2,1-5H3,(H,24,25,26). The first kappa shape index (κ1) is 21.6. The van der Waals surface area contributed by atoms with Gasteiger partial charge in [0, 0.05) is 17.4 Å². The predicted octanol–water partition coefficient (Wildman–Crippen LogP) is 5.02. The summed E-state index contributed by atoms with van der Waals surface area (Å²) in [6.07, 6.45) is 0.856. The number of hydrogen-bond acceptors (Lipinski definition) is 6. The van der Waals surface area contributed by atoms with Gasteiger partial charge in [0.25, 0.3) is 0 Å². The van der Waals surface area contributed by atoms with E-state index >= 15 is 0 Å². The van der Waals surface area contributed by atoms with Crippen molar-refractivity contribution in [3.05, 3.63) is 52.4 Å². The summed E-state index contributed by atoms with van der Waals surface area (Å²) >= 11 is 1.42. The Morgan fingerprint density at radius 1 is 1.03 bits per heavy atom. The van der Waals surface area contributed by atoms with E-state index < -0.39 is 0 Å². The lowest BCUT2D eigenvalue weighted by atomic mass is 10.0. The molecule has 1 aromatic heterocycles. The molecule has 0 aliphatic heterocycles. The van der Waals surface area contributed by atoms with Crippen LogP contribution in [0.15, 0.2) is 35.7 Å². The third-order valence-corrected chi connectivity index (χ3v) is 5.53. The molecule has 1 amide bonds. The molecule has 0 unspecified atom stereocenters. The van der Waals surface area contributed by atoms with Gasteiger partial charge in [0.15, 0.2) is 16.6 Å². The van der Waals surface area contributed by atoms with Crippen LogP contribution in [0.1, 0.15) is 23.1 Å². The zero-order chi connectivity index (χ0) is 21.7. The van der Waals surface area contributed by atoms with Crippen molar-refractivity contribution < 1.29 is 19.0 Å². The average Bonchev–Trinajstić information content (AvgIpc) is 3.19. The fourth-order valence-corrected chi connectivity index (χ4v) is 4.00. The Morgan fingerprint density at radius 3 is 2.33 bits per heavy atom. The molecule has 2 aromatic carbocycles. The van der Waals surface area contributed by atoms with Crippen LogP contribution in [0.3, 0.4) is 0 Å². The molecule has 6 nitrogen and oxygen atoms in total. The lowest BCUT2D eigenvalue weighted by Gasteiger charge is -2.14. The number of aromatic nitrogens is 1. The maximum absolute atomic E-state index is 12.4. The van der Waals surface area contributed by atoms with Gasteiger partial charge < -0.3 is 19.5 Å². The number of nitrogens with zero attached hydrogens (tertiary/aromatic N) is 1. The summed E-state index contributed by atoms with van der Waals surface area (Å²) in [7, 11) is 4.71. The molecule has 3 aromatic rings. The molecule has 30 heavy (non-hydrogen) atoms. The second-order valence-electron chi connectivity index (χ2n) is 6.94. The predicted molar refractivity (Wildman–Crippen MR) is 120 cm³/mol. The molecule has 0 fully saturated rings. The number of rotatable bonds is 8. The van der Waals surface area contributed by atoms with Gasteiger partial charge in [0.1, 0.15) is 0 Å². The number of carbonyl (C=O) groups is 1. The monoisotopic (exact) mass is 426 g/mol. The van der Waals surface area contributed by atoms with Crippen LogP contribution in [0.4, 0.5) is 5.13 Å². The lowest BCUT2D eigenvalue weighted by Crippen LogP contribution is -2.12. The number of hydrogen-bond donors (Lipinski definition) is 1. The fourth-order valence-electron chi connectivity index (χ4n) is 3.28. The molecule has 0 aliphatic carbocycles. The van der Waals surface area contributed by atoms with Crippen molar-refractivity contribution in [1.82, 2.24) is 4.98 Å². The molecule has 1 N–H and O–H groups in total. The maximum Gasteiger partial charge on any atom is 0.226 e. The molecule has 0 bridgehead atoms. The number of aryl methyl sites for hydroxylation is 3. The fraction of sp³-hybridized carbons (Fsp3) is 0.304. The number of benzene rings is 2. The van der Waals surface area contributed by atoms with Crippen LogP contribution in [0.2, 0.25) is 0 Å². The zero-order valence-corrected chi connectivity index (χ0v) is 18.7. The second-order valence-corrected chi connectivity index (χ2v) is 7.80. The van der Waals surface area contributed by atoms with Gasteiger partial charge >= 0.3 is 0 Å². The van der Waals surface area contributed by atoms with Gasteiger partial charge in [-0.05, 0) is 43.5 Å². The highest BCUT2D eigenvalue weighted by Crippen LogP contribution is 2.38. The molecular formula is C23H26N2O4S. The third-order valence-electron chi connectivity index (χ3n) is 4.77. The summed E-state index contributed by atoms with van der Waals surface area (Å²) in [5.41, 5.74) is 5.26. The topological polar surface area (TPSA) is 69.7 Å². The van der Waals surface area contributed by atoms with Crippen molar-refractivity contribution in [1.29, 1.82) is 0 Å². The van der Waals surface area contributed by atoms with Crippen LogP contribution in [0.25, 0.3) is 11.3 Å². The van der Waals surface area contributed by atoms with Crippen molar-refractivity contribution in [3.8, 4) is 28.5 Å². The normalized spacial score (nSPS) is 10.6. The Balaban J connectivity index is 1.65. The first-order valence-corrected chi connectivity index (χ1v) is 10.4. The van der Waals surface area contributed by atoms with Crippen LogP contribution in [0, 0.1) is 13.8 Å². The molecule has 0 atom stereocenters. The Kier molecular flexibility index (Phi) is 6.95. The first-order chi connectivity index (χ1) is 14.4. The van der Waals surface area contributed by atoms with E-state index in [1.54, 1.807) is 21.3 Å². The summed E-state index contributed by atoms with van der Waals surface area (Å²) in [4.78, 5) is 17.0. The highest BCUT2D eigenvalue weighted by Gasteiger charge is 2.15. The SMILES string of the molecule is COc1cc(CCC(=O)Nc2nc(-c3ccc(C)cc3C)cs2)cc(OC)c1OC. The van der Waals surface area contributed by atoms with E-state index in [0.717, 1.165) is 16.8 Å². The number of anilines is 1. The van der Waals surface area contributed by atoms with Crippen LogP contribution >= 0.6 is 11.3 Å². The summed E-state index contributed by atoms with van der Waals surface area (Å²) in [6, 6.07) is 9.98. The molecule has 1 heterocycles. The Morgan fingerprint density at radius 2 is 1.73 bits per heavy atom. The molecular weight excluding hydrogens is 400 g/mol. The van der Waals surface area contributed by atoms with E-state index in [4.69, 9.17) is 14.2 Å². The van der Waals surface area contributed by atoms with E-state index in [1.165, 1.54) is 22.5 Å². The lowest BCUT2D eigenvalue weighted by molar-refractivity contribution is -0.116. The number of carbonyl (C=O) groups excluding carboxylic acids is 1. The highest BCUT2D eigenvalue weighted by atomic mass is 32.1. The van der Waals surface area contributed by atoms with E-state index in [1.807, 2.05) is 17.5 Å². The van der Waals surface area contributed by atoms with Gasteiger partial charge in [-0.3, -0.25) is 4.79 Å². The minimum absolute atomic E-state index is 0.0923. The van der Waals surface area contributed by atoms with Crippen LogP contribution < -0.4 is 19.5 Å². The largest absolute Gasteiger partial charge is 0.493 e. The number of amides is 1. The van der Waals surface area contributed by atoms with Crippen LogP contribution in [0.5, 0.6) is 17.2 Å². The second kappa shape index (κ2) is 9.63. The molecule has 0 radical (unpaired) electrons. The molecule has 3 rings (SSSR count). The number of thiazole rings is 1. The van der Waals surface area contributed by atoms with Crippen molar-refractivity contribution in [2.45, 2.75) is 26.7 Å². The van der Waals surface area contributed by atoms with Crippen molar-refractivity contribution in [2.75, 3.05) is 26.6 Å². The first-order valence-electron chi connectivity index (χ1n) is 9.57. The smallest absolute Gasteiger partial charge is 0.226 e. The van der Waals surface area contributed by atoms with Gasteiger partial charge in [0.2, 0.25) is 11.7 Å². The van der Waals surface area contributed by atoms with E-state index in [2.05, 4.69) is 42.3 Å². The third kappa shape index (κ3) is 4.91. The number of methoxy groups -OCH3 is 3. The summed E-state index contributed by atoms with van der Waals surface area (Å²) < 4.78 is 16.1. The number of ether oxygens (including phenoxy) is 3. The van der Waals surface area contributed by atoms with Gasteiger partial charge in [0.05, 0.1) is 27.0 Å².